The van der Waals surface area contributed by atoms with Crippen molar-refractivity contribution in [3.05, 3.63) is 81.7 Å². The molecule has 0 amide bonds. The molecule has 0 saturated carbocycles. The van der Waals surface area contributed by atoms with Crippen molar-refractivity contribution < 1.29 is 29.2 Å². The van der Waals surface area contributed by atoms with Crippen molar-refractivity contribution in [2.24, 2.45) is 0 Å². The third kappa shape index (κ3) is 5.92. The fourth-order valence-corrected chi connectivity index (χ4v) is 5.08. The van der Waals surface area contributed by atoms with Gasteiger partial charge in [0.1, 0.15) is 6.10 Å². The Kier molecular flexibility index (Phi) is 7.50. The summed E-state index contributed by atoms with van der Waals surface area (Å²) in [6, 6.07) is 17.2. The molecule has 6 nitrogen and oxygen atoms in total. The van der Waals surface area contributed by atoms with Crippen LogP contribution in [0.15, 0.2) is 54.6 Å². The number of carboxylic acid groups (broad SMARTS) is 1. The van der Waals surface area contributed by atoms with Crippen molar-refractivity contribution in [2.75, 3.05) is 6.61 Å². The van der Waals surface area contributed by atoms with E-state index in [-0.39, 0.29) is 19.0 Å². The smallest absolute Gasteiger partial charge is 0.335 e. The molecule has 2 aliphatic rings. The number of hydrogen-bond donors (Lipinski definition) is 2. The van der Waals surface area contributed by atoms with E-state index >= 15 is 0 Å². The summed E-state index contributed by atoms with van der Waals surface area (Å²) in [5.41, 5.74) is 4.69. The number of rotatable bonds is 5. The normalized spacial score (nSPS) is 20.5. The molecule has 2 atom stereocenters. The van der Waals surface area contributed by atoms with Crippen molar-refractivity contribution >= 4 is 17.3 Å². The van der Waals surface area contributed by atoms with Crippen molar-refractivity contribution in [3.63, 3.8) is 0 Å². The van der Waals surface area contributed by atoms with Gasteiger partial charge in [-0.15, -0.1) is 11.3 Å². The van der Waals surface area contributed by atoms with E-state index in [1.54, 1.807) is 23.5 Å². The van der Waals surface area contributed by atoms with Crippen molar-refractivity contribution in [3.8, 4) is 10.4 Å². The lowest BCUT2D eigenvalue weighted by Gasteiger charge is -2.17. The summed E-state index contributed by atoms with van der Waals surface area (Å²) in [5, 5.41) is 18.3. The summed E-state index contributed by atoms with van der Waals surface area (Å²) in [6.45, 7) is 6.73. The number of carboxylic acids is 1. The number of thiophene rings is 1. The molecule has 0 spiro atoms. The molecule has 2 aliphatic heterocycles. The van der Waals surface area contributed by atoms with Crippen LogP contribution in [0, 0.1) is 6.92 Å². The number of fused-ring (bicyclic) bond motifs is 1. The number of aliphatic hydroxyl groups is 1. The van der Waals surface area contributed by atoms with Gasteiger partial charge in [0.25, 0.3) is 0 Å². The third-order valence-corrected chi connectivity index (χ3v) is 7.00. The van der Waals surface area contributed by atoms with E-state index in [9.17, 15) is 9.90 Å². The third-order valence-electron chi connectivity index (χ3n) is 5.86. The highest BCUT2D eigenvalue weighted by Crippen LogP contribution is 2.34. The van der Waals surface area contributed by atoms with Crippen LogP contribution in [-0.4, -0.2) is 41.0 Å². The Labute approximate surface area is 203 Å². The lowest BCUT2D eigenvalue weighted by atomic mass is 10.0. The number of aryl methyl sites for hydroxylation is 1. The molecule has 0 radical (unpaired) electrons. The quantitative estimate of drug-likeness (QED) is 0.507. The van der Waals surface area contributed by atoms with Crippen LogP contribution in [0.25, 0.3) is 10.4 Å². The number of ether oxygens (including phenoxy) is 3. The second kappa shape index (κ2) is 10.4. The second-order valence-corrected chi connectivity index (χ2v) is 10.1. The molecule has 180 valence electrons. The van der Waals surface area contributed by atoms with E-state index in [0.29, 0.717) is 5.56 Å². The summed E-state index contributed by atoms with van der Waals surface area (Å²) < 4.78 is 16.2. The number of hydrogen-bond acceptors (Lipinski definition) is 6. The fraction of sp³-hybridized carbons (Fsp3) is 0.370. The number of carbonyl (C=O) groups is 1. The number of aromatic carboxylic acids is 1. The van der Waals surface area contributed by atoms with Gasteiger partial charge in [0, 0.05) is 22.6 Å². The van der Waals surface area contributed by atoms with Crippen LogP contribution < -0.4 is 0 Å². The molecule has 2 saturated heterocycles. The largest absolute Gasteiger partial charge is 0.478 e. The zero-order chi connectivity index (χ0) is 24.3. The first kappa shape index (κ1) is 24.6. The van der Waals surface area contributed by atoms with Gasteiger partial charge in [-0.3, -0.25) is 0 Å². The molecular formula is C27H30O6S. The average molecular weight is 483 g/mol. The van der Waals surface area contributed by atoms with Gasteiger partial charge in [0.05, 0.1) is 18.8 Å². The van der Waals surface area contributed by atoms with E-state index in [1.165, 1.54) is 16.0 Å². The highest BCUT2D eigenvalue weighted by Gasteiger charge is 2.44. The average Bonchev–Trinajstić information content (AvgIpc) is 3.51. The molecule has 5 rings (SSSR count). The molecule has 0 aliphatic carbocycles. The molecule has 3 aromatic rings. The summed E-state index contributed by atoms with van der Waals surface area (Å²) in [6.07, 6.45) is 1.87. The van der Waals surface area contributed by atoms with Gasteiger partial charge in [-0.25, -0.2) is 4.79 Å². The Balaban J connectivity index is 0.000000226. The lowest BCUT2D eigenvalue weighted by molar-refractivity contribution is -0.192. The Morgan fingerprint density at radius 1 is 1.09 bits per heavy atom. The van der Waals surface area contributed by atoms with E-state index in [1.807, 2.05) is 38.1 Å². The van der Waals surface area contributed by atoms with E-state index in [2.05, 4.69) is 25.1 Å². The maximum absolute atomic E-state index is 10.9. The highest BCUT2D eigenvalue weighted by atomic mass is 32.1. The Hall–Kier alpha value is -2.55. The zero-order valence-electron chi connectivity index (χ0n) is 19.6. The summed E-state index contributed by atoms with van der Waals surface area (Å²) >= 11 is 1.71. The number of benzene rings is 2. The molecule has 2 fully saturated rings. The molecule has 3 heterocycles. The SMILES string of the molecule is CC1(C)OC2CCOC2O1.Cc1ccc(CO)cc1Cc1ccc(-c2ccc(C(=O)O)cc2)s1. The molecule has 0 bridgehead atoms. The van der Waals surface area contributed by atoms with Crippen molar-refractivity contribution in [1.29, 1.82) is 0 Å². The molecular weight excluding hydrogens is 452 g/mol. The molecule has 2 aromatic carbocycles. The molecule has 2 unspecified atom stereocenters. The predicted octanol–water partition coefficient (Wildman–Crippen LogP) is 5.39. The van der Waals surface area contributed by atoms with Crippen LogP contribution in [-0.2, 0) is 27.2 Å². The maximum Gasteiger partial charge on any atom is 0.335 e. The monoisotopic (exact) mass is 482 g/mol. The van der Waals surface area contributed by atoms with Crippen LogP contribution in [0.1, 0.15) is 52.2 Å². The van der Waals surface area contributed by atoms with Gasteiger partial charge >= 0.3 is 5.97 Å². The van der Waals surface area contributed by atoms with Crippen molar-refractivity contribution in [1.82, 2.24) is 0 Å². The lowest BCUT2D eigenvalue weighted by Crippen LogP contribution is -2.22. The Morgan fingerprint density at radius 3 is 2.53 bits per heavy atom. The predicted molar refractivity (Wildman–Crippen MR) is 131 cm³/mol. The Bertz CT molecular complexity index is 1120. The first-order valence-corrected chi connectivity index (χ1v) is 12.1. The van der Waals surface area contributed by atoms with Crippen LogP contribution in [0.5, 0.6) is 0 Å². The van der Waals surface area contributed by atoms with Crippen LogP contribution in [0.2, 0.25) is 0 Å². The van der Waals surface area contributed by atoms with Crippen LogP contribution >= 0.6 is 11.3 Å². The topological polar surface area (TPSA) is 85.2 Å². The van der Waals surface area contributed by atoms with E-state index in [4.69, 9.17) is 19.3 Å². The summed E-state index contributed by atoms with van der Waals surface area (Å²) in [4.78, 5) is 13.3. The standard InChI is InChI=1S/C20H18O3S.C7H12O3/c1-13-2-3-14(12-21)10-17(13)11-18-8-9-19(24-18)15-4-6-16(7-5-15)20(22)23;1-7(2)9-5-3-4-8-6(5)10-7/h2-10,21H,11-12H2,1H3,(H,22,23);5-6H,3-4H2,1-2H3. The zero-order valence-corrected chi connectivity index (χ0v) is 20.4. The number of aliphatic hydroxyl groups excluding tert-OH is 1. The molecule has 7 heteroatoms. The minimum Gasteiger partial charge on any atom is -0.478 e. The molecule has 34 heavy (non-hydrogen) atoms. The second-order valence-electron chi connectivity index (χ2n) is 8.95. The highest BCUT2D eigenvalue weighted by molar-refractivity contribution is 7.15. The minimum atomic E-state index is -0.910. The van der Waals surface area contributed by atoms with E-state index < -0.39 is 11.8 Å². The first-order chi connectivity index (χ1) is 16.2. The van der Waals surface area contributed by atoms with Gasteiger partial charge in [-0.05, 0) is 67.3 Å². The first-order valence-electron chi connectivity index (χ1n) is 11.3. The minimum absolute atomic E-state index is 0.0545. The van der Waals surface area contributed by atoms with Gasteiger partial charge in [0.15, 0.2) is 12.1 Å². The van der Waals surface area contributed by atoms with Crippen molar-refractivity contribution in [2.45, 2.75) is 58.4 Å². The van der Waals surface area contributed by atoms with Gasteiger partial charge < -0.3 is 24.4 Å². The van der Waals surface area contributed by atoms with E-state index in [0.717, 1.165) is 35.5 Å². The van der Waals surface area contributed by atoms with Crippen LogP contribution in [0.3, 0.4) is 0 Å². The van der Waals surface area contributed by atoms with Crippen LogP contribution in [0.4, 0.5) is 0 Å². The molecule has 1 aromatic heterocycles. The van der Waals surface area contributed by atoms with Gasteiger partial charge in [-0.1, -0.05) is 30.3 Å². The van der Waals surface area contributed by atoms with Gasteiger partial charge in [-0.2, -0.15) is 0 Å². The van der Waals surface area contributed by atoms with Gasteiger partial charge in [0.2, 0.25) is 0 Å². The maximum atomic E-state index is 10.9. The summed E-state index contributed by atoms with van der Waals surface area (Å²) in [7, 11) is 0. The summed E-state index contributed by atoms with van der Waals surface area (Å²) in [5.74, 6) is -1.34. The fourth-order valence-electron chi connectivity index (χ4n) is 4.05. The molecule has 2 N–H and O–H groups in total. The Morgan fingerprint density at radius 2 is 1.85 bits per heavy atom.